The van der Waals surface area contributed by atoms with E-state index in [2.05, 4.69) is 28.8 Å². The van der Waals surface area contributed by atoms with Gasteiger partial charge in [0.2, 0.25) is 0 Å². The third-order valence-corrected chi connectivity index (χ3v) is 4.63. The van der Waals surface area contributed by atoms with Crippen LogP contribution in [0.3, 0.4) is 0 Å². The second-order valence-corrected chi connectivity index (χ2v) is 6.48. The van der Waals surface area contributed by atoms with Gasteiger partial charge in [0.1, 0.15) is 0 Å². The van der Waals surface area contributed by atoms with Crippen molar-refractivity contribution in [1.82, 2.24) is 10.6 Å². The largest absolute Gasteiger partial charge is 0.373 e. The molecule has 0 radical (unpaired) electrons. The first-order chi connectivity index (χ1) is 12.8. The number of rotatable bonds is 5. The molecule has 0 aromatic heterocycles. The van der Waals surface area contributed by atoms with E-state index in [-0.39, 0.29) is 18.1 Å². The minimum atomic E-state index is -0.188. The SMILES string of the molecule is N#Cc1ccc(CNC(=O)NC[C@H]2CCCO[C@@H]2c2ccccc2)cc1. The summed E-state index contributed by atoms with van der Waals surface area (Å²) in [6.45, 7) is 1.78. The van der Waals surface area contributed by atoms with Crippen LogP contribution < -0.4 is 10.6 Å². The van der Waals surface area contributed by atoms with Gasteiger partial charge >= 0.3 is 6.03 Å². The predicted octanol–water partition coefficient (Wildman–Crippen LogP) is 3.53. The molecule has 2 aromatic carbocycles. The molecule has 0 saturated carbocycles. The van der Waals surface area contributed by atoms with E-state index < -0.39 is 0 Å². The molecule has 2 amide bonds. The Bertz CT molecular complexity index is 753. The Morgan fingerprint density at radius 3 is 2.62 bits per heavy atom. The number of ether oxygens (including phenoxy) is 1. The molecule has 1 saturated heterocycles. The number of hydrogen-bond acceptors (Lipinski definition) is 3. The first-order valence-electron chi connectivity index (χ1n) is 8.93. The van der Waals surface area contributed by atoms with E-state index in [1.165, 1.54) is 0 Å². The summed E-state index contributed by atoms with van der Waals surface area (Å²) in [5.41, 5.74) is 2.74. The molecule has 0 spiro atoms. The van der Waals surface area contributed by atoms with Gasteiger partial charge in [-0.25, -0.2) is 4.79 Å². The molecule has 0 aliphatic carbocycles. The zero-order valence-corrected chi connectivity index (χ0v) is 14.7. The van der Waals surface area contributed by atoms with Gasteiger partial charge in [-0.15, -0.1) is 0 Å². The zero-order chi connectivity index (χ0) is 18.2. The van der Waals surface area contributed by atoms with Crippen molar-refractivity contribution in [3.63, 3.8) is 0 Å². The van der Waals surface area contributed by atoms with Crippen LogP contribution in [0.5, 0.6) is 0 Å². The number of nitrogens with one attached hydrogen (secondary N) is 2. The average molecular weight is 349 g/mol. The maximum atomic E-state index is 12.1. The van der Waals surface area contributed by atoms with Gasteiger partial charge < -0.3 is 15.4 Å². The van der Waals surface area contributed by atoms with Crippen molar-refractivity contribution in [2.24, 2.45) is 5.92 Å². The summed E-state index contributed by atoms with van der Waals surface area (Å²) >= 11 is 0. The number of nitrogens with zero attached hydrogens (tertiary/aromatic N) is 1. The van der Waals surface area contributed by atoms with E-state index in [0.717, 1.165) is 30.6 Å². The molecule has 0 bridgehead atoms. The topological polar surface area (TPSA) is 74.2 Å². The van der Waals surface area contributed by atoms with Crippen molar-refractivity contribution in [2.45, 2.75) is 25.5 Å². The fourth-order valence-electron chi connectivity index (χ4n) is 3.23. The second kappa shape index (κ2) is 9.02. The van der Waals surface area contributed by atoms with Crippen molar-refractivity contribution < 1.29 is 9.53 Å². The maximum Gasteiger partial charge on any atom is 0.315 e. The number of benzene rings is 2. The van der Waals surface area contributed by atoms with E-state index in [1.54, 1.807) is 12.1 Å². The Balaban J connectivity index is 1.48. The molecule has 1 aliphatic heterocycles. The smallest absolute Gasteiger partial charge is 0.315 e. The molecule has 2 aromatic rings. The summed E-state index contributed by atoms with van der Waals surface area (Å²) in [7, 11) is 0. The summed E-state index contributed by atoms with van der Waals surface area (Å²) in [5, 5.41) is 14.6. The molecular formula is C21H23N3O2. The number of urea groups is 1. The van der Waals surface area contributed by atoms with E-state index in [9.17, 15) is 4.79 Å². The molecule has 2 atom stereocenters. The second-order valence-electron chi connectivity index (χ2n) is 6.48. The predicted molar refractivity (Wildman–Crippen MR) is 99.3 cm³/mol. The highest BCUT2D eigenvalue weighted by Crippen LogP contribution is 2.32. The first-order valence-corrected chi connectivity index (χ1v) is 8.93. The molecule has 1 fully saturated rings. The number of amides is 2. The quantitative estimate of drug-likeness (QED) is 0.867. The third-order valence-electron chi connectivity index (χ3n) is 4.63. The van der Waals surface area contributed by atoms with Crippen LogP contribution in [0, 0.1) is 17.2 Å². The van der Waals surface area contributed by atoms with E-state index in [1.807, 2.05) is 30.3 Å². The van der Waals surface area contributed by atoms with Crippen LogP contribution in [0.2, 0.25) is 0 Å². The molecule has 3 rings (SSSR count). The highest BCUT2D eigenvalue weighted by atomic mass is 16.5. The lowest BCUT2D eigenvalue weighted by atomic mass is 9.89. The average Bonchev–Trinajstić information content (AvgIpc) is 2.72. The van der Waals surface area contributed by atoms with Gasteiger partial charge in [0.05, 0.1) is 17.7 Å². The van der Waals surface area contributed by atoms with Gasteiger partial charge in [0, 0.05) is 25.6 Å². The molecular weight excluding hydrogens is 326 g/mol. The minimum Gasteiger partial charge on any atom is -0.373 e. The molecule has 2 N–H and O–H groups in total. The zero-order valence-electron chi connectivity index (χ0n) is 14.7. The fourth-order valence-corrected chi connectivity index (χ4v) is 3.23. The van der Waals surface area contributed by atoms with Gasteiger partial charge in [-0.3, -0.25) is 0 Å². The summed E-state index contributed by atoms with van der Waals surface area (Å²) in [6, 6.07) is 19.3. The van der Waals surface area contributed by atoms with Crippen molar-refractivity contribution in [3.05, 3.63) is 71.3 Å². The molecule has 5 heteroatoms. The molecule has 5 nitrogen and oxygen atoms in total. The molecule has 1 heterocycles. The normalized spacial score (nSPS) is 19.3. The highest BCUT2D eigenvalue weighted by molar-refractivity contribution is 5.73. The number of nitriles is 1. The fraction of sp³-hybridized carbons (Fsp3) is 0.333. The van der Waals surface area contributed by atoms with Gasteiger partial charge in [0.25, 0.3) is 0 Å². The molecule has 26 heavy (non-hydrogen) atoms. The molecule has 134 valence electrons. The Labute approximate surface area is 154 Å². The Morgan fingerprint density at radius 1 is 1.12 bits per heavy atom. The van der Waals surface area contributed by atoms with Crippen LogP contribution in [-0.2, 0) is 11.3 Å². The number of carbonyl (C=O) groups is 1. The highest BCUT2D eigenvalue weighted by Gasteiger charge is 2.27. The lowest BCUT2D eigenvalue weighted by molar-refractivity contribution is -0.0269. The van der Waals surface area contributed by atoms with Crippen LogP contribution in [0.1, 0.15) is 35.6 Å². The lowest BCUT2D eigenvalue weighted by Crippen LogP contribution is -2.40. The lowest BCUT2D eigenvalue weighted by Gasteiger charge is -2.32. The van der Waals surface area contributed by atoms with Crippen molar-refractivity contribution in [2.75, 3.05) is 13.2 Å². The summed E-state index contributed by atoms with van der Waals surface area (Å²) < 4.78 is 5.96. The Hall–Kier alpha value is -2.84. The third kappa shape index (κ3) is 4.84. The summed E-state index contributed by atoms with van der Waals surface area (Å²) in [6.07, 6.45) is 2.08. The summed E-state index contributed by atoms with van der Waals surface area (Å²) in [5.74, 6) is 0.270. The first kappa shape index (κ1) is 18.0. The van der Waals surface area contributed by atoms with Crippen LogP contribution in [0.4, 0.5) is 4.79 Å². The van der Waals surface area contributed by atoms with Gasteiger partial charge in [-0.1, -0.05) is 42.5 Å². The van der Waals surface area contributed by atoms with E-state index in [4.69, 9.17) is 10.00 Å². The summed E-state index contributed by atoms with van der Waals surface area (Å²) in [4.78, 5) is 12.1. The van der Waals surface area contributed by atoms with Gasteiger partial charge in [0.15, 0.2) is 0 Å². The monoisotopic (exact) mass is 349 g/mol. The van der Waals surface area contributed by atoms with E-state index in [0.29, 0.717) is 18.7 Å². The van der Waals surface area contributed by atoms with Crippen LogP contribution >= 0.6 is 0 Å². The molecule has 1 aliphatic rings. The minimum absolute atomic E-state index is 0.0313. The van der Waals surface area contributed by atoms with Gasteiger partial charge in [-0.2, -0.15) is 5.26 Å². The maximum absolute atomic E-state index is 12.1. The van der Waals surface area contributed by atoms with E-state index >= 15 is 0 Å². The number of hydrogen-bond donors (Lipinski definition) is 2. The van der Waals surface area contributed by atoms with Crippen molar-refractivity contribution >= 4 is 6.03 Å². The number of carbonyl (C=O) groups excluding carboxylic acids is 1. The van der Waals surface area contributed by atoms with Crippen molar-refractivity contribution in [1.29, 1.82) is 5.26 Å². The standard InChI is InChI=1S/C21H23N3O2/c22-13-16-8-10-17(11-9-16)14-23-21(25)24-15-19-7-4-12-26-20(19)18-5-2-1-3-6-18/h1-3,5-6,8-11,19-20H,4,7,12,14-15H2,(H2,23,24,25)/t19-,20-/m1/s1. The van der Waals surface area contributed by atoms with Crippen LogP contribution in [-0.4, -0.2) is 19.2 Å². The van der Waals surface area contributed by atoms with Crippen LogP contribution in [0.15, 0.2) is 54.6 Å². The van der Waals surface area contributed by atoms with Crippen molar-refractivity contribution in [3.8, 4) is 6.07 Å². The molecule has 0 unspecified atom stereocenters. The Morgan fingerprint density at radius 2 is 1.88 bits per heavy atom. The van der Waals surface area contributed by atoms with Gasteiger partial charge in [-0.05, 0) is 36.1 Å². The Kier molecular flexibility index (Phi) is 6.24. The van der Waals surface area contributed by atoms with Crippen LogP contribution in [0.25, 0.3) is 0 Å².